The van der Waals surface area contributed by atoms with Crippen molar-refractivity contribution >= 4 is 12.0 Å². The maximum atomic E-state index is 12.4. The van der Waals surface area contributed by atoms with Crippen molar-refractivity contribution in [3.8, 4) is 11.5 Å². The lowest BCUT2D eigenvalue weighted by atomic mass is 9.87. The number of rotatable bonds is 13. The number of hydrogen-bond acceptors (Lipinski definition) is 6. The molecule has 1 saturated heterocycles. The van der Waals surface area contributed by atoms with Crippen LogP contribution in [0.3, 0.4) is 0 Å². The van der Waals surface area contributed by atoms with Crippen molar-refractivity contribution in [1.82, 2.24) is 10.2 Å². The molecule has 1 atom stereocenters. The van der Waals surface area contributed by atoms with Gasteiger partial charge in [-0.3, -0.25) is 4.79 Å². The second-order valence-corrected chi connectivity index (χ2v) is 9.14. The molecular weight excluding hydrogens is 424 g/mol. The zero-order chi connectivity index (χ0) is 24.1. The standard InChI is InChI=1S/C25H40N2O6/c1-4-5-13-25(2,3)23(29)33-22-11-9-21(10-12-22)32-19-20(28)8-6-7-14-26-24(30)27-15-17-31-18-16-27/h9-12,20,28H,4-8,13-19H2,1-3H3,(H,26,30)/t20-/m0/s1. The van der Waals surface area contributed by atoms with E-state index < -0.39 is 11.5 Å². The summed E-state index contributed by atoms with van der Waals surface area (Å²) in [6.45, 7) is 9.11. The first kappa shape index (κ1) is 26.9. The van der Waals surface area contributed by atoms with Gasteiger partial charge in [-0.15, -0.1) is 0 Å². The molecule has 8 nitrogen and oxygen atoms in total. The van der Waals surface area contributed by atoms with Crippen LogP contribution < -0.4 is 14.8 Å². The van der Waals surface area contributed by atoms with E-state index in [1.54, 1.807) is 29.2 Å². The lowest BCUT2D eigenvalue weighted by Crippen LogP contribution is -2.46. The van der Waals surface area contributed by atoms with E-state index in [-0.39, 0.29) is 18.6 Å². The number of benzene rings is 1. The minimum Gasteiger partial charge on any atom is -0.491 e. The van der Waals surface area contributed by atoms with Crippen LogP contribution in [0.15, 0.2) is 24.3 Å². The summed E-state index contributed by atoms with van der Waals surface area (Å²) in [6, 6.07) is 6.81. The minimum atomic E-state index is -0.586. The predicted octanol–water partition coefficient (Wildman–Crippen LogP) is 3.76. The molecule has 1 aromatic carbocycles. The fourth-order valence-corrected chi connectivity index (χ4v) is 3.42. The second-order valence-electron chi connectivity index (χ2n) is 9.14. The van der Waals surface area contributed by atoms with Gasteiger partial charge in [-0.2, -0.15) is 0 Å². The van der Waals surface area contributed by atoms with Gasteiger partial charge in [-0.1, -0.05) is 19.8 Å². The van der Waals surface area contributed by atoms with Crippen LogP contribution in [0.2, 0.25) is 0 Å². The molecule has 1 aliphatic rings. The van der Waals surface area contributed by atoms with E-state index in [4.69, 9.17) is 14.2 Å². The number of unbranched alkanes of at least 4 members (excludes halogenated alkanes) is 2. The van der Waals surface area contributed by atoms with Gasteiger partial charge >= 0.3 is 12.0 Å². The summed E-state index contributed by atoms with van der Waals surface area (Å²) >= 11 is 0. The Morgan fingerprint density at radius 3 is 2.45 bits per heavy atom. The normalized spacial score (nSPS) is 15.1. The molecule has 0 radical (unpaired) electrons. The van der Waals surface area contributed by atoms with Crippen LogP contribution in [0.4, 0.5) is 4.79 Å². The average Bonchev–Trinajstić information content (AvgIpc) is 2.82. The van der Waals surface area contributed by atoms with Gasteiger partial charge in [-0.05, 0) is 63.8 Å². The van der Waals surface area contributed by atoms with Gasteiger partial charge in [-0.25, -0.2) is 4.79 Å². The van der Waals surface area contributed by atoms with Gasteiger partial charge < -0.3 is 29.5 Å². The number of carbonyl (C=O) groups excluding carboxylic acids is 2. The van der Waals surface area contributed by atoms with E-state index in [0.29, 0.717) is 50.8 Å². The summed E-state index contributed by atoms with van der Waals surface area (Å²) in [5.74, 6) is 0.856. The zero-order valence-corrected chi connectivity index (χ0v) is 20.3. The molecule has 0 saturated carbocycles. The highest BCUT2D eigenvalue weighted by Gasteiger charge is 2.29. The Hall–Kier alpha value is -2.32. The SMILES string of the molecule is CCCCC(C)(C)C(=O)Oc1ccc(OC[C@@H](O)CCCCNC(=O)N2CCOCC2)cc1. The molecule has 1 aliphatic heterocycles. The van der Waals surface area contributed by atoms with Crippen LogP contribution in [-0.2, 0) is 9.53 Å². The highest BCUT2D eigenvalue weighted by molar-refractivity contribution is 5.78. The Morgan fingerprint density at radius 2 is 1.79 bits per heavy atom. The van der Waals surface area contributed by atoms with Crippen LogP contribution in [0, 0.1) is 5.41 Å². The topological polar surface area (TPSA) is 97.3 Å². The first-order valence-corrected chi connectivity index (χ1v) is 12.1. The Bertz CT molecular complexity index is 716. The van der Waals surface area contributed by atoms with E-state index in [9.17, 15) is 14.7 Å². The van der Waals surface area contributed by atoms with Crippen LogP contribution in [0.1, 0.15) is 59.3 Å². The van der Waals surface area contributed by atoms with E-state index in [1.165, 1.54) is 0 Å². The van der Waals surface area contributed by atoms with Crippen LogP contribution in [-0.4, -0.2) is 67.6 Å². The third-order valence-electron chi connectivity index (χ3n) is 5.72. The van der Waals surface area contributed by atoms with Crippen molar-refractivity contribution in [3.05, 3.63) is 24.3 Å². The minimum absolute atomic E-state index is 0.0548. The molecule has 186 valence electrons. The number of esters is 1. The molecule has 1 aromatic rings. The highest BCUT2D eigenvalue weighted by atomic mass is 16.5. The fraction of sp³-hybridized carbons (Fsp3) is 0.680. The third kappa shape index (κ3) is 10.0. The third-order valence-corrected chi connectivity index (χ3v) is 5.72. The van der Waals surface area contributed by atoms with Gasteiger partial charge in [0.1, 0.15) is 18.1 Å². The molecule has 0 bridgehead atoms. The van der Waals surface area contributed by atoms with Gasteiger partial charge in [0, 0.05) is 19.6 Å². The van der Waals surface area contributed by atoms with E-state index >= 15 is 0 Å². The summed E-state index contributed by atoms with van der Waals surface area (Å²) in [7, 11) is 0. The largest absolute Gasteiger partial charge is 0.491 e. The van der Waals surface area contributed by atoms with Crippen molar-refractivity contribution < 1.29 is 28.9 Å². The molecule has 33 heavy (non-hydrogen) atoms. The molecule has 0 unspecified atom stereocenters. The zero-order valence-electron chi connectivity index (χ0n) is 20.3. The van der Waals surface area contributed by atoms with Gasteiger partial charge in [0.15, 0.2) is 0 Å². The molecule has 2 amide bonds. The van der Waals surface area contributed by atoms with E-state index in [2.05, 4.69) is 12.2 Å². The number of urea groups is 1. The molecular formula is C25H40N2O6. The molecule has 0 spiro atoms. The number of aliphatic hydroxyl groups is 1. The Morgan fingerprint density at radius 1 is 1.12 bits per heavy atom. The maximum absolute atomic E-state index is 12.4. The highest BCUT2D eigenvalue weighted by Crippen LogP contribution is 2.27. The number of nitrogens with one attached hydrogen (secondary N) is 1. The quantitative estimate of drug-likeness (QED) is 0.262. The maximum Gasteiger partial charge on any atom is 0.317 e. The van der Waals surface area contributed by atoms with Crippen molar-refractivity contribution in [2.24, 2.45) is 5.41 Å². The van der Waals surface area contributed by atoms with Gasteiger partial charge in [0.05, 0.1) is 24.7 Å². The average molecular weight is 465 g/mol. The number of amides is 2. The van der Waals surface area contributed by atoms with Crippen LogP contribution >= 0.6 is 0 Å². The smallest absolute Gasteiger partial charge is 0.317 e. The van der Waals surface area contributed by atoms with E-state index in [1.807, 2.05) is 13.8 Å². The van der Waals surface area contributed by atoms with E-state index in [0.717, 1.165) is 32.1 Å². The second kappa shape index (κ2) is 14.1. The van der Waals surface area contributed by atoms with Crippen molar-refractivity contribution in [3.63, 3.8) is 0 Å². The lowest BCUT2D eigenvalue weighted by molar-refractivity contribution is -0.144. The first-order valence-electron chi connectivity index (χ1n) is 12.1. The first-order chi connectivity index (χ1) is 15.8. The molecule has 0 aliphatic carbocycles. The lowest BCUT2D eigenvalue weighted by Gasteiger charge is -2.26. The molecule has 1 heterocycles. The Labute approximate surface area is 197 Å². The fourth-order valence-electron chi connectivity index (χ4n) is 3.42. The number of aliphatic hydroxyl groups excluding tert-OH is 1. The van der Waals surface area contributed by atoms with Crippen molar-refractivity contribution in [1.29, 1.82) is 0 Å². The molecule has 2 N–H and O–H groups in total. The van der Waals surface area contributed by atoms with Gasteiger partial charge in [0.25, 0.3) is 0 Å². The molecule has 2 rings (SSSR count). The summed E-state index contributed by atoms with van der Waals surface area (Å²) in [4.78, 5) is 26.1. The molecule has 8 heteroatoms. The van der Waals surface area contributed by atoms with Gasteiger partial charge in [0.2, 0.25) is 0 Å². The number of nitrogens with zero attached hydrogens (tertiary/aromatic N) is 1. The summed E-state index contributed by atoms with van der Waals surface area (Å²) in [5, 5.41) is 13.1. The Balaban J connectivity index is 1.60. The summed E-state index contributed by atoms with van der Waals surface area (Å²) in [6.07, 6.45) is 4.41. The summed E-state index contributed by atoms with van der Waals surface area (Å²) < 4.78 is 16.4. The monoisotopic (exact) mass is 464 g/mol. The predicted molar refractivity (Wildman–Crippen MR) is 127 cm³/mol. The van der Waals surface area contributed by atoms with Crippen LogP contribution in [0.5, 0.6) is 11.5 Å². The van der Waals surface area contributed by atoms with Crippen molar-refractivity contribution in [2.45, 2.75) is 65.4 Å². The number of hydrogen-bond donors (Lipinski definition) is 2. The number of ether oxygens (including phenoxy) is 3. The summed E-state index contributed by atoms with van der Waals surface area (Å²) in [5.41, 5.74) is -0.513. The van der Waals surface area contributed by atoms with Crippen LogP contribution in [0.25, 0.3) is 0 Å². The number of morpholine rings is 1. The number of carbonyl (C=O) groups is 2. The Kier molecular flexibility index (Phi) is 11.5. The molecule has 0 aromatic heterocycles. The molecule has 1 fully saturated rings. The van der Waals surface area contributed by atoms with Crippen molar-refractivity contribution in [2.75, 3.05) is 39.5 Å².